The van der Waals surface area contributed by atoms with Crippen molar-refractivity contribution in [1.29, 1.82) is 0 Å². The van der Waals surface area contributed by atoms with Crippen LogP contribution in [0.5, 0.6) is 0 Å². The van der Waals surface area contributed by atoms with E-state index in [0.29, 0.717) is 5.92 Å². The molecular formula is C25H35BrN2. The molecule has 0 amide bonds. The van der Waals surface area contributed by atoms with Crippen LogP contribution in [0.1, 0.15) is 53.9 Å². The van der Waals surface area contributed by atoms with Crippen LogP contribution in [0.25, 0.3) is 0 Å². The molecule has 1 heterocycles. The summed E-state index contributed by atoms with van der Waals surface area (Å²) in [4.78, 5) is 0. The summed E-state index contributed by atoms with van der Waals surface area (Å²) in [5, 5.41) is 3.77. The number of hydrogen-bond donors (Lipinski definition) is 1. The van der Waals surface area contributed by atoms with Gasteiger partial charge in [-0.3, -0.25) is 0 Å². The number of benzene rings is 2. The van der Waals surface area contributed by atoms with E-state index in [-0.39, 0.29) is 17.0 Å². The van der Waals surface area contributed by atoms with E-state index in [1.165, 1.54) is 77.5 Å². The Balaban J connectivity index is 0.00000225. The fourth-order valence-electron chi connectivity index (χ4n) is 5.36. The minimum Gasteiger partial charge on any atom is -1.00 e. The molecule has 1 aliphatic carbocycles. The summed E-state index contributed by atoms with van der Waals surface area (Å²) in [6.45, 7) is 4.73. The van der Waals surface area contributed by atoms with Gasteiger partial charge >= 0.3 is 0 Å². The van der Waals surface area contributed by atoms with E-state index in [2.05, 4.69) is 68.8 Å². The van der Waals surface area contributed by atoms with Gasteiger partial charge in [0.2, 0.25) is 0 Å². The normalized spacial score (nSPS) is 21.0. The predicted molar refractivity (Wildman–Crippen MR) is 115 cm³/mol. The molecule has 2 aromatic rings. The zero-order valence-electron chi connectivity index (χ0n) is 17.7. The second kappa shape index (κ2) is 9.00. The van der Waals surface area contributed by atoms with Crippen molar-refractivity contribution < 1.29 is 21.5 Å². The highest BCUT2D eigenvalue weighted by atomic mass is 79.9. The molecule has 3 heteroatoms. The molecule has 0 spiro atoms. The zero-order chi connectivity index (χ0) is 18.9. The maximum absolute atomic E-state index is 3.77. The molecule has 2 aromatic carbocycles. The van der Waals surface area contributed by atoms with Crippen molar-refractivity contribution in [2.24, 2.45) is 0 Å². The molecule has 0 radical (unpaired) electrons. The summed E-state index contributed by atoms with van der Waals surface area (Å²) in [6, 6.07) is 16.6. The molecule has 0 unspecified atom stereocenters. The van der Waals surface area contributed by atoms with E-state index in [0.717, 1.165) is 12.6 Å². The highest BCUT2D eigenvalue weighted by Gasteiger charge is 2.30. The van der Waals surface area contributed by atoms with Crippen molar-refractivity contribution in [3.05, 3.63) is 64.7 Å². The molecule has 1 atom stereocenters. The van der Waals surface area contributed by atoms with E-state index in [9.17, 15) is 0 Å². The summed E-state index contributed by atoms with van der Waals surface area (Å²) >= 11 is 0. The Morgan fingerprint density at radius 2 is 1.68 bits per heavy atom. The van der Waals surface area contributed by atoms with Crippen LogP contribution in [0.4, 0.5) is 5.69 Å². The monoisotopic (exact) mass is 442 g/mol. The van der Waals surface area contributed by atoms with Gasteiger partial charge in [0.1, 0.15) is 0 Å². The standard InChI is InChI=1S/C25H35N2.BrH/c1-19-24(22-17-20-9-4-5-10-21(20)18-22)12-8-13-25(19)26-15-14-23-11-6-7-16-27(23,2)3;/h4-5,8-10,12-13,22-23,26H,6-7,11,14-18H2,1-3H3;1H/q+1;/p-1/t23-;/m1./s1. The first-order valence-electron chi connectivity index (χ1n) is 10.8. The maximum Gasteiger partial charge on any atom is 0.0903 e. The first-order chi connectivity index (χ1) is 13.0. The highest BCUT2D eigenvalue weighted by molar-refractivity contribution is 5.56. The third-order valence-corrected chi connectivity index (χ3v) is 7.17. The van der Waals surface area contributed by atoms with Gasteiger partial charge < -0.3 is 26.8 Å². The van der Waals surface area contributed by atoms with Crippen molar-refractivity contribution in [3.63, 3.8) is 0 Å². The van der Waals surface area contributed by atoms with E-state index in [4.69, 9.17) is 0 Å². The number of likely N-dealkylation sites (tertiary alicyclic amines) is 1. The minimum atomic E-state index is 0. The van der Waals surface area contributed by atoms with Crippen LogP contribution >= 0.6 is 0 Å². The number of nitrogens with one attached hydrogen (secondary N) is 1. The largest absolute Gasteiger partial charge is 1.00 e. The molecule has 2 nitrogen and oxygen atoms in total. The molecule has 28 heavy (non-hydrogen) atoms. The molecule has 1 fully saturated rings. The smallest absolute Gasteiger partial charge is 0.0903 e. The Hall–Kier alpha value is -1.32. The first-order valence-corrected chi connectivity index (χ1v) is 10.8. The van der Waals surface area contributed by atoms with Gasteiger partial charge in [0.25, 0.3) is 0 Å². The average Bonchev–Trinajstić information content (AvgIpc) is 3.08. The van der Waals surface area contributed by atoms with Crippen molar-refractivity contribution in [1.82, 2.24) is 0 Å². The van der Waals surface area contributed by atoms with Crippen molar-refractivity contribution in [3.8, 4) is 0 Å². The van der Waals surface area contributed by atoms with Crippen molar-refractivity contribution in [2.45, 2.75) is 57.4 Å². The van der Waals surface area contributed by atoms with Gasteiger partial charge in [-0.1, -0.05) is 36.4 Å². The predicted octanol–water partition coefficient (Wildman–Crippen LogP) is 2.31. The van der Waals surface area contributed by atoms with Gasteiger partial charge in [0, 0.05) is 18.7 Å². The molecule has 0 saturated carbocycles. The number of nitrogens with zero attached hydrogens (tertiary/aromatic N) is 1. The molecule has 1 aliphatic heterocycles. The topological polar surface area (TPSA) is 12.0 Å². The van der Waals surface area contributed by atoms with E-state index in [1.54, 1.807) is 0 Å². The van der Waals surface area contributed by atoms with Crippen LogP contribution in [0, 0.1) is 6.92 Å². The molecule has 0 aromatic heterocycles. The maximum atomic E-state index is 3.77. The number of piperidine rings is 1. The lowest BCUT2D eigenvalue weighted by atomic mass is 9.91. The summed E-state index contributed by atoms with van der Waals surface area (Å²) in [5.74, 6) is 0.637. The number of quaternary nitrogens is 1. The second-order valence-electron chi connectivity index (χ2n) is 9.26. The Morgan fingerprint density at radius 1 is 0.964 bits per heavy atom. The number of hydrogen-bond acceptors (Lipinski definition) is 1. The summed E-state index contributed by atoms with van der Waals surface area (Å²) in [6.07, 6.45) is 7.83. The van der Waals surface area contributed by atoms with Crippen LogP contribution in [0.15, 0.2) is 42.5 Å². The summed E-state index contributed by atoms with van der Waals surface area (Å²) in [5.41, 5.74) is 7.40. The minimum absolute atomic E-state index is 0. The Bertz CT molecular complexity index is 774. The summed E-state index contributed by atoms with van der Waals surface area (Å²) < 4.78 is 1.20. The fraction of sp³-hybridized carbons (Fsp3) is 0.520. The third-order valence-electron chi connectivity index (χ3n) is 7.17. The van der Waals surface area contributed by atoms with Gasteiger partial charge in [-0.2, -0.15) is 0 Å². The molecule has 1 N–H and O–H groups in total. The lowest BCUT2D eigenvalue weighted by Gasteiger charge is -2.41. The molecule has 4 rings (SSSR count). The van der Waals surface area contributed by atoms with Gasteiger partial charge in [0.05, 0.1) is 26.7 Å². The number of anilines is 1. The zero-order valence-corrected chi connectivity index (χ0v) is 19.3. The van der Waals surface area contributed by atoms with E-state index in [1.807, 2.05) is 0 Å². The Kier molecular flexibility index (Phi) is 6.88. The van der Waals surface area contributed by atoms with Crippen LogP contribution in [0.2, 0.25) is 0 Å². The molecule has 0 bridgehead atoms. The van der Waals surface area contributed by atoms with Gasteiger partial charge in [-0.15, -0.1) is 0 Å². The van der Waals surface area contributed by atoms with Crippen LogP contribution in [-0.2, 0) is 12.8 Å². The van der Waals surface area contributed by atoms with Crippen LogP contribution in [-0.4, -0.2) is 37.7 Å². The molecule has 2 aliphatic rings. The number of rotatable bonds is 5. The summed E-state index contributed by atoms with van der Waals surface area (Å²) in [7, 11) is 4.82. The lowest BCUT2D eigenvalue weighted by Crippen LogP contribution is -3.00. The van der Waals surface area contributed by atoms with E-state index < -0.39 is 0 Å². The molecular weight excluding hydrogens is 408 g/mol. The highest BCUT2D eigenvalue weighted by Crippen LogP contribution is 2.37. The van der Waals surface area contributed by atoms with Crippen LogP contribution < -0.4 is 22.3 Å². The van der Waals surface area contributed by atoms with Gasteiger partial charge in [-0.25, -0.2) is 0 Å². The van der Waals surface area contributed by atoms with Crippen LogP contribution in [0.3, 0.4) is 0 Å². The Labute approximate surface area is 181 Å². The first kappa shape index (κ1) is 21.4. The number of halogens is 1. The second-order valence-corrected chi connectivity index (χ2v) is 9.26. The van der Waals surface area contributed by atoms with Crippen molar-refractivity contribution in [2.75, 3.05) is 32.5 Å². The number of fused-ring (bicyclic) bond motifs is 1. The van der Waals surface area contributed by atoms with Gasteiger partial charge in [-0.05, 0) is 73.3 Å². The quantitative estimate of drug-likeness (QED) is 0.700. The average molecular weight is 443 g/mol. The lowest BCUT2D eigenvalue weighted by molar-refractivity contribution is -0.920. The van der Waals surface area contributed by atoms with Crippen molar-refractivity contribution >= 4 is 5.69 Å². The van der Waals surface area contributed by atoms with E-state index >= 15 is 0 Å². The third kappa shape index (κ3) is 4.46. The fourth-order valence-corrected chi connectivity index (χ4v) is 5.36. The van der Waals surface area contributed by atoms with Gasteiger partial charge in [0.15, 0.2) is 0 Å². The SMILES string of the molecule is Cc1c(NCC[C@H]2CCCC[N+]2(C)C)cccc1C1Cc2ccccc2C1.[Br-]. The Morgan fingerprint density at radius 3 is 2.36 bits per heavy atom. The molecule has 152 valence electrons. The molecule has 1 saturated heterocycles.